The Hall–Kier alpha value is -2.42. The molecule has 0 atom stereocenters. The number of furan rings is 1. The molecule has 1 saturated heterocycles. The summed E-state index contributed by atoms with van der Waals surface area (Å²) in [5.74, 6) is -1.05. The molecule has 6 nitrogen and oxygen atoms in total. The van der Waals surface area contributed by atoms with E-state index in [1.54, 1.807) is 24.3 Å². The van der Waals surface area contributed by atoms with Gasteiger partial charge in [0, 0.05) is 0 Å². The Balaban J connectivity index is 2.06. The molecule has 2 heterocycles. The van der Waals surface area contributed by atoms with E-state index >= 15 is 0 Å². The number of anilines is 1. The van der Waals surface area contributed by atoms with Crippen LogP contribution in [0.4, 0.5) is 10.5 Å². The van der Waals surface area contributed by atoms with Crippen LogP contribution in [0.15, 0.2) is 40.3 Å². The lowest BCUT2D eigenvalue weighted by Crippen LogP contribution is -2.54. The van der Waals surface area contributed by atoms with Gasteiger partial charge in [0.1, 0.15) is 11.3 Å². The summed E-state index contributed by atoms with van der Waals surface area (Å²) in [6, 6.07) is 7.91. The second-order valence-electron chi connectivity index (χ2n) is 5.32. The van der Waals surface area contributed by atoms with Crippen LogP contribution in [0, 0.1) is 17.6 Å². The second kappa shape index (κ2) is 6.23. The first kappa shape index (κ1) is 16.4. The fraction of sp³-hybridized carbons (Fsp3) is 0.118. The van der Waals surface area contributed by atoms with Crippen molar-refractivity contribution in [1.29, 1.82) is 0 Å². The van der Waals surface area contributed by atoms with E-state index in [1.807, 2.05) is 42.5 Å². The molecule has 1 N–H and O–H groups in total. The molecule has 0 unspecified atom stereocenters. The number of carbonyl (C=O) groups excluding carboxylic acids is 3. The van der Waals surface area contributed by atoms with E-state index in [4.69, 9.17) is 4.42 Å². The van der Waals surface area contributed by atoms with Crippen LogP contribution in [0.5, 0.6) is 0 Å². The van der Waals surface area contributed by atoms with Gasteiger partial charge in [-0.3, -0.25) is 14.9 Å². The van der Waals surface area contributed by atoms with Gasteiger partial charge in [-0.15, -0.1) is 0 Å². The third kappa shape index (κ3) is 2.86. The third-order valence-electron chi connectivity index (χ3n) is 3.80. The number of urea groups is 1. The van der Waals surface area contributed by atoms with Crippen LogP contribution in [-0.2, 0) is 9.59 Å². The van der Waals surface area contributed by atoms with Crippen molar-refractivity contribution in [2.75, 3.05) is 4.90 Å². The number of benzene rings is 1. The molecule has 0 radical (unpaired) electrons. The Morgan fingerprint density at radius 2 is 1.88 bits per heavy atom. The van der Waals surface area contributed by atoms with E-state index in [2.05, 4.69) is 5.32 Å². The SMILES string of the molecule is Cc1cccc(N2C(=O)NC(=O)C(=Cc3ccc(I)o3)C2=O)c1C. The minimum atomic E-state index is -0.759. The summed E-state index contributed by atoms with van der Waals surface area (Å²) < 4.78 is 6.00. The summed E-state index contributed by atoms with van der Waals surface area (Å²) in [4.78, 5) is 38.0. The number of nitrogens with one attached hydrogen (secondary N) is 1. The molecule has 1 aromatic carbocycles. The number of aryl methyl sites for hydroxylation is 1. The molecule has 0 aliphatic carbocycles. The van der Waals surface area contributed by atoms with Crippen molar-refractivity contribution in [2.24, 2.45) is 0 Å². The van der Waals surface area contributed by atoms with Gasteiger partial charge in [0.25, 0.3) is 11.8 Å². The topological polar surface area (TPSA) is 79.6 Å². The van der Waals surface area contributed by atoms with Gasteiger partial charge in [0.2, 0.25) is 0 Å². The van der Waals surface area contributed by atoms with E-state index < -0.39 is 17.8 Å². The summed E-state index contributed by atoms with van der Waals surface area (Å²) in [5.41, 5.74) is 2.03. The number of amides is 4. The molecular weight excluding hydrogens is 423 g/mol. The van der Waals surface area contributed by atoms with Crippen LogP contribution < -0.4 is 10.2 Å². The molecule has 1 aliphatic heterocycles. The molecule has 0 spiro atoms. The zero-order valence-corrected chi connectivity index (χ0v) is 15.1. The van der Waals surface area contributed by atoms with Gasteiger partial charge in [-0.1, -0.05) is 12.1 Å². The highest BCUT2D eigenvalue weighted by molar-refractivity contribution is 14.1. The number of imide groups is 2. The Bertz CT molecular complexity index is 898. The third-order valence-corrected chi connectivity index (χ3v) is 4.38. The molecule has 0 bridgehead atoms. The van der Waals surface area contributed by atoms with Crippen molar-refractivity contribution in [3.63, 3.8) is 0 Å². The molecule has 2 aromatic rings. The van der Waals surface area contributed by atoms with Crippen molar-refractivity contribution in [3.05, 3.63) is 56.6 Å². The summed E-state index contributed by atoms with van der Waals surface area (Å²) in [6.45, 7) is 3.71. The maximum absolute atomic E-state index is 12.8. The maximum atomic E-state index is 12.8. The first-order valence-corrected chi connectivity index (χ1v) is 8.19. The summed E-state index contributed by atoms with van der Waals surface area (Å²) in [7, 11) is 0. The number of rotatable bonds is 2. The highest BCUT2D eigenvalue weighted by Gasteiger charge is 2.37. The quantitative estimate of drug-likeness (QED) is 0.446. The van der Waals surface area contributed by atoms with Gasteiger partial charge in [-0.25, -0.2) is 9.69 Å². The van der Waals surface area contributed by atoms with Crippen LogP contribution in [0.25, 0.3) is 6.08 Å². The molecule has 1 aromatic heterocycles. The van der Waals surface area contributed by atoms with Crippen molar-refractivity contribution >= 4 is 52.2 Å². The van der Waals surface area contributed by atoms with Crippen LogP contribution in [0.1, 0.15) is 16.9 Å². The second-order valence-corrected chi connectivity index (χ2v) is 6.38. The summed E-state index contributed by atoms with van der Waals surface area (Å²) in [6.07, 6.45) is 1.34. The smallest absolute Gasteiger partial charge is 0.335 e. The lowest BCUT2D eigenvalue weighted by atomic mass is 10.0. The zero-order chi connectivity index (χ0) is 17.4. The van der Waals surface area contributed by atoms with Crippen LogP contribution >= 0.6 is 22.6 Å². The Morgan fingerprint density at radius 1 is 1.12 bits per heavy atom. The van der Waals surface area contributed by atoms with E-state index in [-0.39, 0.29) is 5.57 Å². The fourth-order valence-corrected chi connectivity index (χ4v) is 2.84. The van der Waals surface area contributed by atoms with Crippen molar-refractivity contribution in [1.82, 2.24) is 5.32 Å². The van der Waals surface area contributed by atoms with Crippen molar-refractivity contribution in [2.45, 2.75) is 13.8 Å². The molecule has 7 heteroatoms. The summed E-state index contributed by atoms with van der Waals surface area (Å²) in [5, 5.41) is 2.20. The molecule has 3 rings (SSSR count). The largest absolute Gasteiger partial charge is 0.451 e. The Labute approximate surface area is 151 Å². The highest BCUT2D eigenvalue weighted by atomic mass is 127. The van der Waals surface area contributed by atoms with Crippen LogP contribution in [0.2, 0.25) is 0 Å². The molecule has 122 valence electrons. The summed E-state index contributed by atoms with van der Waals surface area (Å²) >= 11 is 1.98. The molecular formula is C17H13IN2O4. The van der Waals surface area contributed by atoms with Gasteiger partial charge in [-0.05, 0) is 71.8 Å². The van der Waals surface area contributed by atoms with E-state index in [0.29, 0.717) is 15.2 Å². The maximum Gasteiger partial charge on any atom is 0.335 e. The van der Waals surface area contributed by atoms with Gasteiger partial charge >= 0.3 is 6.03 Å². The molecule has 1 fully saturated rings. The Morgan fingerprint density at radius 3 is 2.54 bits per heavy atom. The average molecular weight is 436 g/mol. The first-order valence-electron chi connectivity index (χ1n) is 7.11. The lowest BCUT2D eigenvalue weighted by Gasteiger charge is -2.27. The minimum absolute atomic E-state index is 0.152. The van der Waals surface area contributed by atoms with Gasteiger partial charge in [0.15, 0.2) is 3.77 Å². The fourth-order valence-electron chi connectivity index (χ4n) is 2.40. The van der Waals surface area contributed by atoms with Gasteiger partial charge in [0.05, 0.1) is 5.69 Å². The minimum Gasteiger partial charge on any atom is -0.451 e. The van der Waals surface area contributed by atoms with E-state index in [9.17, 15) is 14.4 Å². The molecule has 1 aliphatic rings. The lowest BCUT2D eigenvalue weighted by molar-refractivity contribution is -0.122. The average Bonchev–Trinajstić information content (AvgIpc) is 2.93. The zero-order valence-electron chi connectivity index (χ0n) is 12.9. The number of hydrogen-bond acceptors (Lipinski definition) is 4. The number of carbonyl (C=O) groups is 3. The monoisotopic (exact) mass is 436 g/mol. The number of hydrogen-bond donors (Lipinski definition) is 1. The number of barbiturate groups is 1. The van der Waals surface area contributed by atoms with Crippen molar-refractivity contribution in [3.8, 4) is 0 Å². The molecule has 24 heavy (non-hydrogen) atoms. The van der Waals surface area contributed by atoms with E-state index in [1.165, 1.54) is 6.08 Å². The van der Waals surface area contributed by atoms with Crippen LogP contribution in [-0.4, -0.2) is 17.8 Å². The first-order chi connectivity index (χ1) is 11.4. The Kier molecular flexibility index (Phi) is 4.27. The van der Waals surface area contributed by atoms with Crippen molar-refractivity contribution < 1.29 is 18.8 Å². The standard InChI is InChI=1S/C17H13IN2O4/c1-9-4-3-5-13(10(9)2)20-16(22)12(15(21)19-17(20)23)8-11-6-7-14(18)24-11/h3-8H,1-2H3,(H,19,21,23). The van der Waals surface area contributed by atoms with Crippen LogP contribution in [0.3, 0.4) is 0 Å². The van der Waals surface area contributed by atoms with Gasteiger partial charge < -0.3 is 4.42 Å². The predicted molar refractivity (Wildman–Crippen MR) is 96.3 cm³/mol. The molecule has 4 amide bonds. The predicted octanol–water partition coefficient (Wildman–Crippen LogP) is 3.17. The number of nitrogens with zero attached hydrogens (tertiary/aromatic N) is 1. The normalized spacial score (nSPS) is 16.7. The highest BCUT2D eigenvalue weighted by Crippen LogP contribution is 2.27. The van der Waals surface area contributed by atoms with Gasteiger partial charge in [-0.2, -0.15) is 0 Å². The van der Waals surface area contributed by atoms with E-state index in [0.717, 1.165) is 16.0 Å². The molecule has 0 saturated carbocycles. The number of halogens is 1.